The van der Waals surface area contributed by atoms with E-state index in [1.165, 1.54) is 11.5 Å². The lowest BCUT2D eigenvalue weighted by Gasteiger charge is -2.03. The van der Waals surface area contributed by atoms with Crippen molar-refractivity contribution in [2.75, 3.05) is 0 Å². The van der Waals surface area contributed by atoms with Crippen LogP contribution in [0.3, 0.4) is 0 Å². The highest BCUT2D eigenvalue weighted by Gasteiger charge is 2.17. The van der Waals surface area contributed by atoms with Gasteiger partial charge in [-0.05, 0) is 35.8 Å². The van der Waals surface area contributed by atoms with Gasteiger partial charge in [0.1, 0.15) is 16.0 Å². The fourth-order valence-electron chi connectivity index (χ4n) is 1.66. The molecule has 0 spiro atoms. The smallest absolute Gasteiger partial charge is 0.138 e. The number of pyridine rings is 2. The van der Waals surface area contributed by atoms with Gasteiger partial charge in [0.2, 0.25) is 0 Å². The average molecular weight is 309 g/mol. The quantitative estimate of drug-likeness (QED) is 0.672. The molecular weight excluding hydrogens is 303 g/mol. The van der Waals surface area contributed by atoms with Gasteiger partial charge in [0.25, 0.3) is 0 Å². The monoisotopic (exact) mass is 308 g/mol. The standard InChI is InChI=1S/C12H6Cl2N4S/c13-11-7(3-1-5-15-11)9-10(19-18-17-9)8-4-2-6-16-12(8)14/h1-6H. The van der Waals surface area contributed by atoms with Crippen LogP contribution in [0.5, 0.6) is 0 Å². The lowest BCUT2D eigenvalue weighted by atomic mass is 10.1. The first kappa shape index (κ1) is 12.5. The number of rotatable bonds is 2. The van der Waals surface area contributed by atoms with E-state index in [0.717, 1.165) is 16.0 Å². The average Bonchev–Trinajstić information content (AvgIpc) is 2.89. The molecule has 0 bridgehead atoms. The van der Waals surface area contributed by atoms with Crippen molar-refractivity contribution in [3.8, 4) is 21.7 Å². The van der Waals surface area contributed by atoms with E-state index in [-0.39, 0.29) is 0 Å². The van der Waals surface area contributed by atoms with E-state index in [2.05, 4.69) is 19.6 Å². The molecule has 94 valence electrons. The van der Waals surface area contributed by atoms with Gasteiger partial charge in [0, 0.05) is 23.5 Å². The summed E-state index contributed by atoms with van der Waals surface area (Å²) in [4.78, 5) is 8.93. The van der Waals surface area contributed by atoms with Gasteiger partial charge < -0.3 is 0 Å². The lowest BCUT2D eigenvalue weighted by Crippen LogP contribution is -1.87. The SMILES string of the molecule is Clc1ncccc1-c1nnsc1-c1cccnc1Cl. The summed E-state index contributed by atoms with van der Waals surface area (Å²) in [5, 5.41) is 4.92. The molecule has 0 N–H and O–H groups in total. The molecule has 0 saturated carbocycles. The number of nitrogens with zero attached hydrogens (tertiary/aromatic N) is 4. The Bertz CT molecular complexity index is 669. The van der Waals surface area contributed by atoms with E-state index in [9.17, 15) is 0 Å². The van der Waals surface area contributed by atoms with Crippen molar-refractivity contribution < 1.29 is 0 Å². The summed E-state index contributed by atoms with van der Waals surface area (Å²) in [7, 11) is 0. The first-order chi connectivity index (χ1) is 9.27. The van der Waals surface area contributed by atoms with Crippen LogP contribution in [0.1, 0.15) is 0 Å². The summed E-state index contributed by atoms with van der Waals surface area (Å²) in [6, 6.07) is 7.34. The van der Waals surface area contributed by atoms with Crippen LogP contribution in [0.2, 0.25) is 10.3 Å². The number of aromatic nitrogens is 4. The zero-order valence-corrected chi connectivity index (χ0v) is 11.7. The fraction of sp³-hybridized carbons (Fsp3) is 0. The first-order valence-electron chi connectivity index (χ1n) is 5.31. The third-order valence-corrected chi connectivity index (χ3v) is 3.87. The van der Waals surface area contributed by atoms with Gasteiger partial charge in [-0.3, -0.25) is 0 Å². The van der Waals surface area contributed by atoms with Gasteiger partial charge in [-0.15, -0.1) is 5.10 Å². The van der Waals surface area contributed by atoms with Crippen molar-refractivity contribution in [2.45, 2.75) is 0 Å². The normalized spacial score (nSPS) is 10.6. The van der Waals surface area contributed by atoms with Crippen molar-refractivity contribution in [1.82, 2.24) is 19.6 Å². The predicted octanol–water partition coefficient (Wildman–Crippen LogP) is 3.97. The molecule has 0 aliphatic heterocycles. The second kappa shape index (κ2) is 5.21. The Morgan fingerprint density at radius 3 is 2.16 bits per heavy atom. The van der Waals surface area contributed by atoms with Gasteiger partial charge in [-0.1, -0.05) is 27.7 Å². The van der Waals surface area contributed by atoms with Crippen molar-refractivity contribution in [1.29, 1.82) is 0 Å². The van der Waals surface area contributed by atoms with Crippen LogP contribution in [-0.4, -0.2) is 19.6 Å². The zero-order chi connectivity index (χ0) is 13.2. The number of hydrogen-bond donors (Lipinski definition) is 0. The molecule has 7 heteroatoms. The molecule has 0 saturated heterocycles. The van der Waals surface area contributed by atoms with E-state index >= 15 is 0 Å². The van der Waals surface area contributed by atoms with Crippen LogP contribution >= 0.6 is 34.7 Å². The molecule has 3 rings (SSSR count). The minimum Gasteiger partial charge on any atom is -0.244 e. The molecule has 0 radical (unpaired) electrons. The first-order valence-corrected chi connectivity index (χ1v) is 6.84. The van der Waals surface area contributed by atoms with Crippen LogP contribution in [0.15, 0.2) is 36.7 Å². The summed E-state index contributed by atoms with van der Waals surface area (Å²) in [6.07, 6.45) is 3.26. The highest BCUT2D eigenvalue weighted by Crippen LogP contribution is 2.37. The Kier molecular flexibility index (Phi) is 3.42. The Balaban J connectivity index is 2.20. The number of halogens is 2. The summed E-state index contributed by atoms with van der Waals surface area (Å²) in [5.74, 6) is 0. The summed E-state index contributed by atoms with van der Waals surface area (Å²) in [6.45, 7) is 0. The molecule has 0 amide bonds. The Morgan fingerprint density at radius 2 is 1.53 bits per heavy atom. The molecule has 3 aromatic heterocycles. The van der Waals surface area contributed by atoms with Gasteiger partial charge in [-0.2, -0.15) is 0 Å². The van der Waals surface area contributed by atoms with Crippen molar-refractivity contribution in [3.63, 3.8) is 0 Å². The van der Waals surface area contributed by atoms with Crippen molar-refractivity contribution in [2.24, 2.45) is 0 Å². The van der Waals surface area contributed by atoms with E-state index in [1.54, 1.807) is 18.5 Å². The van der Waals surface area contributed by atoms with Crippen molar-refractivity contribution >= 4 is 34.7 Å². The molecular formula is C12H6Cl2N4S. The molecule has 19 heavy (non-hydrogen) atoms. The maximum Gasteiger partial charge on any atom is 0.138 e. The lowest BCUT2D eigenvalue weighted by molar-refractivity contribution is 1.15. The Morgan fingerprint density at radius 1 is 0.895 bits per heavy atom. The fourth-order valence-corrected chi connectivity index (χ4v) is 2.84. The predicted molar refractivity (Wildman–Crippen MR) is 76.4 cm³/mol. The summed E-state index contributed by atoms with van der Waals surface area (Å²) >= 11 is 13.4. The molecule has 0 aliphatic rings. The van der Waals surface area contributed by atoms with Gasteiger partial charge in [0.05, 0.1) is 4.88 Å². The van der Waals surface area contributed by atoms with E-state index < -0.39 is 0 Å². The van der Waals surface area contributed by atoms with Gasteiger partial charge >= 0.3 is 0 Å². The van der Waals surface area contributed by atoms with Crippen LogP contribution in [0, 0.1) is 0 Å². The highest BCUT2D eigenvalue weighted by molar-refractivity contribution is 7.10. The maximum absolute atomic E-state index is 6.11. The third kappa shape index (κ3) is 2.32. The van der Waals surface area contributed by atoms with E-state index in [1.807, 2.05) is 18.2 Å². The summed E-state index contributed by atoms with van der Waals surface area (Å²) < 4.78 is 3.98. The van der Waals surface area contributed by atoms with Crippen LogP contribution in [0.4, 0.5) is 0 Å². The molecule has 0 atom stereocenters. The van der Waals surface area contributed by atoms with Crippen LogP contribution in [-0.2, 0) is 0 Å². The Labute approximate surface area is 123 Å². The van der Waals surface area contributed by atoms with Gasteiger partial charge in [-0.25, -0.2) is 9.97 Å². The van der Waals surface area contributed by atoms with Crippen molar-refractivity contribution in [3.05, 3.63) is 47.0 Å². The molecule has 4 nitrogen and oxygen atoms in total. The topological polar surface area (TPSA) is 51.6 Å². The Hall–Kier alpha value is -1.56. The molecule has 0 aliphatic carbocycles. The zero-order valence-electron chi connectivity index (χ0n) is 9.42. The minimum absolute atomic E-state index is 0.386. The molecule has 0 unspecified atom stereocenters. The maximum atomic E-state index is 6.11. The molecule has 3 heterocycles. The number of hydrogen-bond acceptors (Lipinski definition) is 5. The van der Waals surface area contributed by atoms with E-state index in [4.69, 9.17) is 23.2 Å². The van der Waals surface area contributed by atoms with Crippen LogP contribution in [0.25, 0.3) is 21.7 Å². The summed E-state index contributed by atoms with van der Waals surface area (Å²) in [5.41, 5.74) is 2.18. The second-order valence-corrected chi connectivity index (χ2v) is 5.10. The minimum atomic E-state index is 0.386. The molecule has 0 fully saturated rings. The second-order valence-electron chi connectivity index (χ2n) is 3.63. The highest BCUT2D eigenvalue weighted by atomic mass is 35.5. The van der Waals surface area contributed by atoms with Crippen LogP contribution < -0.4 is 0 Å². The molecule has 3 aromatic rings. The largest absolute Gasteiger partial charge is 0.244 e. The molecule has 0 aromatic carbocycles. The third-order valence-electron chi connectivity index (χ3n) is 2.51. The van der Waals surface area contributed by atoms with E-state index in [0.29, 0.717) is 16.0 Å². The van der Waals surface area contributed by atoms with Gasteiger partial charge in [0.15, 0.2) is 0 Å².